The van der Waals surface area contributed by atoms with Crippen molar-refractivity contribution >= 4 is 39.1 Å². The van der Waals surface area contributed by atoms with Gasteiger partial charge in [-0.2, -0.15) is 11.8 Å². The Bertz CT molecular complexity index is 606. The third-order valence-corrected chi connectivity index (χ3v) is 6.22. The molecule has 102 valence electrons. The summed E-state index contributed by atoms with van der Waals surface area (Å²) in [6.07, 6.45) is 4.76. The highest BCUT2D eigenvalue weighted by molar-refractivity contribution is 7.99. The molecular formula is C14H19N3S2. The summed E-state index contributed by atoms with van der Waals surface area (Å²) in [5, 5.41) is 1.78. The van der Waals surface area contributed by atoms with Crippen molar-refractivity contribution in [3.63, 3.8) is 0 Å². The van der Waals surface area contributed by atoms with E-state index < -0.39 is 0 Å². The summed E-state index contributed by atoms with van der Waals surface area (Å²) >= 11 is 3.72. The fourth-order valence-corrected chi connectivity index (χ4v) is 4.56. The molecule has 0 saturated carbocycles. The van der Waals surface area contributed by atoms with Crippen molar-refractivity contribution in [2.45, 2.75) is 50.5 Å². The molecule has 5 heteroatoms. The number of nitrogen functional groups attached to an aromatic ring is 1. The molecule has 1 aliphatic rings. The summed E-state index contributed by atoms with van der Waals surface area (Å²) in [7, 11) is 0. The zero-order valence-corrected chi connectivity index (χ0v) is 13.0. The number of fused-ring (bicyclic) bond motifs is 3. The van der Waals surface area contributed by atoms with Crippen LogP contribution in [0, 0.1) is 0 Å². The molecule has 2 N–H and O–H groups in total. The van der Waals surface area contributed by atoms with Gasteiger partial charge in [0, 0.05) is 10.1 Å². The third-order valence-electron chi connectivity index (χ3n) is 3.71. The maximum atomic E-state index is 6.16. The zero-order chi connectivity index (χ0) is 13.4. The van der Waals surface area contributed by atoms with Crippen LogP contribution in [0.4, 0.5) is 5.82 Å². The predicted molar refractivity (Wildman–Crippen MR) is 84.9 cm³/mol. The standard InChI is InChI=1S/C14H19N3S2/c1-3-8(2)18-7-11-16-13(15)12-9-5-4-6-10(9)19-14(12)17-11/h8H,3-7H2,1-2H3,(H2,15,16,17). The molecule has 0 radical (unpaired) electrons. The lowest BCUT2D eigenvalue weighted by Crippen LogP contribution is -2.01. The maximum absolute atomic E-state index is 6.16. The van der Waals surface area contributed by atoms with Crippen LogP contribution >= 0.6 is 23.1 Å². The number of rotatable bonds is 4. The molecule has 0 amide bonds. The average molecular weight is 293 g/mol. The molecule has 0 aliphatic heterocycles. The predicted octanol–water partition coefficient (Wildman–Crippen LogP) is 3.79. The van der Waals surface area contributed by atoms with Crippen molar-refractivity contribution in [3.05, 3.63) is 16.3 Å². The van der Waals surface area contributed by atoms with Crippen molar-refractivity contribution in [2.75, 3.05) is 5.73 Å². The molecule has 1 unspecified atom stereocenters. The van der Waals surface area contributed by atoms with Crippen LogP contribution in [0.25, 0.3) is 10.2 Å². The molecule has 1 atom stereocenters. The Hall–Kier alpha value is -0.810. The molecule has 0 fully saturated rings. The number of nitrogens with zero attached hydrogens (tertiary/aromatic N) is 2. The van der Waals surface area contributed by atoms with E-state index in [-0.39, 0.29) is 0 Å². The highest BCUT2D eigenvalue weighted by Crippen LogP contribution is 2.38. The Morgan fingerprint density at radius 3 is 3.00 bits per heavy atom. The SMILES string of the molecule is CCC(C)SCc1nc(N)c2c3c(sc2n1)CCC3. The number of thioether (sulfide) groups is 1. The van der Waals surface area contributed by atoms with Crippen molar-refractivity contribution < 1.29 is 0 Å². The molecule has 0 spiro atoms. The highest BCUT2D eigenvalue weighted by atomic mass is 32.2. The second-order valence-electron chi connectivity index (χ2n) is 5.09. The highest BCUT2D eigenvalue weighted by Gasteiger charge is 2.21. The first-order valence-corrected chi connectivity index (χ1v) is 8.73. The van der Waals surface area contributed by atoms with Crippen LogP contribution < -0.4 is 5.73 Å². The van der Waals surface area contributed by atoms with Crippen molar-refractivity contribution in [3.8, 4) is 0 Å². The molecule has 2 heterocycles. The molecule has 0 saturated heterocycles. The zero-order valence-electron chi connectivity index (χ0n) is 11.4. The summed E-state index contributed by atoms with van der Waals surface area (Å²) in [5.41, 5.74) is 7.58. The minimum Gasteiger partial charge on any atom is -0.383 e. The van der Waals surface area contributed by atoms with Gasteiger partial charge in [-0.05, 0) is 31.2 Å². The summed E-state index contributed by atoms with van der Waals surface area (Å²) in [6, 6.07) is 0. The first-order valence-electron chi connectivity index (χ1n) is 6.87. The van der Waals surface area contributed by atoms with E-state index in [0.29, 0.717) is 11.1 Å². The second kappa shape index (κ2) is 5.29. The van der Waals surface area contributed by atoms with Gasteiger partial charge in [-0.25, -0.2) is 9.97 Å². The molecule has 1 aliphatic carbocycles. The average Bonchev–Trinajstić information content (AvgIpc) is 2.95. The number of aromatic nitrogens is 2. The van der Waals surface area contributed by atoms with Gasteiger partial charge in [0.15, 0.2) is 0 Å². The summed E-state index contributed by atoms with van der Waals surface area (Å²) < 4.78 is 0. The van der Waals surface area contributed by atoms with E-state index in [1.165, 1.54) is 29.7 Å². The van der Waals surface area contributed by atoms with E-state index in [4.69, 9.17) is 10.7 Å². The Labute approximate surface area is 122 Å². The second-order valence-corrected chi connectivity index (χ2v) is 7.60. The van der Waals surface area contributed by atoms with Gasteiger partial charge >= 0.3 is 0 Å². The Morgan fingerprint density at radius 2 is 2.21 bits per heavy atom. The lowest BCUT2D eigenvalue weighted by molar-refractivity contribution is 0.902. The molecular weight excluding hydrogens is 274 g/mol. The summed E-state index contributed by atoms with van der Waals surface area (Å²) in [6.45, 7) is 4.45. The van der Waals surface area contributed by atoms with Crippen LogP contribution in [0.15, 0.2) is 0 Å². The lowest BCUT2D eigenvalue weighted by atomic mass is 10.2. The van der Waals surface area contributed by atoms with Gasteiger partial charge in [-0.1, -0.05) is 13.8 Å². The van der Waals surface area contributed by atoms with E-state index >= 15 is 0 Å². The fourth-order valence-electron chi connectivity index (χ4n) is 2.47. The smallest absolute Gasteiger partial charge is 0.142 e. The Morgan fingerprint density at radius 1 is 1.37 bits per heavy atom. The Kier molecular flexibility index (Phi) is 3.67. The van der Waals surface area contributed by atoms with Gasteiger partial charge in [0.1, 0.15) is 16.5 Å². The van der Waals surface area contributed by atoms with Gasteiger partial charge in [0.2, 0.25) is 0 Å². The van der Waals surface area contributed by atoms with Crippen molar-refractivity contribution in [1.82, 2.24) is 9.97 Å². The molecule has 3 rings (SSSR count). The number of aryl methyl sites for hydroxylation is 2. The first kappa shape index (κ1) is 13.2. The quantitative estimate of drug-likeness (QED) is 0.931. The van der Waals surface area contributed by atoms with Crippen LogP contribution in [-0.4, -0.2) is 15.2 Å². The van der Waals surface area contributed by atoms with Crippen LogP contribution in [0.2, 0.25) is 0 Å². The molecule has 0 bridgehead atoms. The van der Waals surface area contributed by atoms with Crippen LogP contribution in [0.1, 0.15) is 43.0 Å². The van der Waals surface area contributed by atoms with Gasteiger partial charge in [-0.3, -0.25) is 0 Å². The van der Waals surface area contributed by atoms with E-state index in [1.54, 1.807) is 0 Å². The lowest BCUT2D eigenvalue weighted by Gasteiger charge is -2.08. The normalized spacial score (nSPS) is 15.9. The maximum Gasteiger partial charge on any atom is 0.142 e. The Balaban J connectivity index is 1.92. The van der Waals surface area contributed by atoms with E-state index in [9.17, 15) is 0 Å². The van der Waals surface area contributed by atoms with Crippen LogP contribution in [0.3, 0.4) is 0 Å². The topological polar surface area (TPSA) is 51.8 Å². The molecule has 2 aromatic rings. The van der Waals surface area contributed by atoms with Gasteiger partial charge in [0.25, 0.3) is 0 Å². The largest absolute Gasteiger partial charge is 0.383 e. The number of hydrogen-bond donors (Lipinski definition) is 1. The van der Waals surface area contributed by atoms with Crippen LogP contribution in [-0.2, 0) is 18.6 Å². The molecule has 3 nitrogen and oxygen atoms in total. The van der Waals surface area contributed by atoms with Crippen molar-refractivity contribution in [1.29, 1.82) is 0 Å². The van der Waals surface area contributed by atoms with Crippen LogP contribution in [0.5, 0.6) is 0 Å². The molecule has 2 aromatic heterocycles. The van der Waals surface area contributed by atoms with Crippen molar-refractivity contribution in [2.24, 2.45) is 0 Å². The molecule has 19 heavy (non-hydrogen) atoms. The number of nitrogens with two attached hydrogens (primary N) is 1. The van der Waals surface area contributed by atoms with E-state index in [1.807, 2.05) is 23.1 Å². The fraction of sp³-hybridized carbons (Fsp3) is 0.571. The summed E-state index contributed by atoms with van der Waals surface area (Å²) in [4.78, 5) is 11.8. The third kappa shape index (κ3) is 2.46. The summed E-state index contributed by atoms with van der Waals surface area (Å²) in [5.74, 6) is 2.43. The molecule has 0 aromatic carbocycles. The number of anilines is 1. The monoisotopic (exact) mass is 293 g/mol. The first-order chi connectivity index (χ1) is 9.19. The number of hydrogen-bond acceptors (Lipinski definition) is 5. The van der Waals surface area contributed by atoms with E-state index in [2.05, 4.69) is 18.8 Å². The minimum atomic E-state index is 0.647. The minimum absolute atomic E-state index is 0.647. The van der Waals surface area contributed by atoms with Gasteiger partial charge in [0.05, 0.1) is 11.1 Å². The number of thiophene rings is 1. The van der Waals surface area contributed by atoms with E-state index in [0.717, 1.165) is 28.2 Å². The van der Waals surface area contributed by atoms with Gasteiger partial charge in [-0.15, -0.1) is 11.3 Å². The van der Waals surface area contributed by atoms with Gasteiger partial charge < -0.3 is 5.73 Å².